The summed E-state index contributed by atoms with van der Waals surface area (Å²) in [5.41, 5.74) is 1.16. The van der Waals surface area contributed by atoms with Crippen LogP contribution in [0.4, 0.5) is 0 Å². The first-order chi connectivity index (χ1) is 12.7. The van der Waals surface area contributed by atoms with E-state index >= 15 is 0 Å². The summed E-state index contributed by atoms with van der Waals surface area (Å²) in [5, 5.41) is 7.33. The molecule has 1 unspecified atom stereocenters. The molecule has 0 spiro atoms. The standard InChI is InChI=1S/C20H24ClN3OS/c21-17-8-6-16(7-9-17)14-23-15-19(26-18-4-2-1-3-5-18)20(25)24-12-10-22-11-13-24/h1-9,19,22-23H,10-15H2. The molecule has 1 saturated heterocycles. The van der Waals surface area contributed by atoms with Crippen molar-refractivity contribution in [3.8, 4) is 0 Å². The van der Waals surface area contributed by atoms with Crippen LogP contribution in [0.25, 0.3) is 0 Å². The number of thioether (sulfide) groups is 1. The Hall–Kier alpha value is -1.53. The zero-order valence-electron chi connectivity index (χ0n) is 14.7. The van der Waals surface area contributed by atoms with Gasteiger partial charge in [-0.15, -0.1) is 11.8 Å². The average Bonchev–Trinajstić information content (AvgIpc) is 2.69. The molecule has 1 amide bonds. The number of nitrogens with one attached hydrogen (secondary N) is 2. The fourth-order valence-corrected chi connectivity index (χ4v) is 4.10. The average molecular weight is 390 g/mol. The molecule has 0 aromatic heterocycles. The first kappa shape index (κ1) is 19.2. The number of rotatable bonds is 7. The summed E-state index contributed by atoms with van der Waals surface area (Å²) >= 11 is 7.57. The Morgan fingerprint density at radius 1 is 1.12 bits per heavy atom. The lowest BCUT2D eigenvalue weighted by Crippen LogP contribution is -2.50. The van der Waals surface area contributed by atoms with Crippen LogP contribution < -0.4 is 10.6 Å². The van der Waals surface area contributed by atoms with Crippen molar-refractivity contribution >= 4 is 29.3 Å². The van der Waals surface area contributed by atoms with E-state index in [1.807, 2.05) is 47.4 Å². The molecule has 1 heterocycles. The predicted molar refractivity (Wildman–Crippen MR) is 109 cm³/mol. The highest BCUT2D eigenvalue weighted by Gasteiger charge is 2.26. The Labute approximate surface area is 164 Å². The van der Waals surface area contributed by atoms with Gasteiger partial charge in [0.05, 0.1) is 0 Å². The van der Waals surface area contributed by atoms with Crippen LogP contribution in [0.15, 0.2) is 59.5 Å². The van der Waals surface area contributed by atoms with Crippen molar-refractivity contribution in [3.63, 3.8) is 0 Å². The number of nitrogens with zero attached hydrogens (tertiary/aromatic N) is 1. The van der Waals surface area contributed by atoms with Crippen LogP contribution in [0.5, 0.6) is 0 Å². The maximum absolute atomic E-state index is 13.0. The minimum Gasteiger partial charge on any atom is -0.339 e. The predicted octanol–water partition coefficient (Wildman–Crippen LogP) is 3.02. The van der Waals surface area contributed by atoms with E-state index in [4.69, 9.17) is 11.6 Å². The summed E-state index contributed by atoms with van der Waals surface area (Å²) in [4.78, 5) is 16.1. The van der Waals surface area contributed by atoms with Crippen molar-refractivity contribution in [2.45, 2.75) is 16.7 Å². The van der Waals surface area contributed by atoms with Gasteiger partial charge in [-0.2, -0.15) is 0 Å². The molecule has 1 fully saturated rings. The van der Waals surface area contributed by atoms with Gasteiger partial charge in [-0.05, 0) is 29.8 Å². The van der Waals surface area contributed by atoms with Gasteiger partial charge in [0.1, 0.15) is 5.25 Å². The lowest BCUT2D eigenvalue weighted by atomic mass is 10.2. The summed E-state index contributed by atoms with van der Waals surface area (Å²) in [5.74, 6) is 0.212. The summed E-state index contributed by atoms with van der Waals surface area (Å²) in [6.07, 6.45) is 0. The quantitative estimate of drug-likeness (QED) is 0.714. The Morgan fingerprint density at radius 3 is 2.50 bits per heavy atom. The number of amides is 1. The van der Waals surface area contributed by atoms with E-state index in [2.05, 4.69) is 22.8 Å². The molecule has 26 heavy (non-hydrogen) atoms. The van der Waals surface area contributed by atoms with Gasteiger partial charge in [0.2, 0.25) is 5.91 Å². The van der Waals surface area contributed by atoms with E-state index in [1.165, 1.54) is 0 Å². The van der Waals surface area contributed by atoms with Gasteiger partial charge in [-0.3, -0.25) is 4.79 Å². The van der Waals surface area contributed by atoms with Gasteiger partial charge >= 0.3 is 0 Å². The van der Waals surface area contributed by atoms with E-state index in [0.717, 1.165) is 48.2 Å². The van der Waals surface area contributed by atoms with Gasteiger partial charge in [-0.25, -0.2) is 0 Å². The van der Waals surface area contributed by atoms with Gasteiger partial charge in [0, 0.05) is 49.2 Å². The zero-order chi connectivity index (χ0) is 18.2. The highest BCUT2D eigenvalue weighted by molar-refractivity contribution is 8.00. The molecule has 1 aliphatic heterocycles. The lowest BCUT2D eigenvalue weighted by molar-refractivity contribution is -0.131. The monoisotopic (exact) mass is 389 g/mol. The van der Waals surface area contributed by atoms with E-state index in [-0.39, 0.29) is 11.2 Å². The first-order valence-corrected chi connectivity index (χ1v) is 10.1. The van der Waals surface area contributed by atoms with E-state index in [0.29, 0.717) is 6.54 Å². The third-order valence-electron chi connectivity index (χ3n) is 4.30. The molecule has 0 aliphatic carbocycles. The van der Waals surface area contributed by atoms with Gasteiger partial charge in [-0.1, -0.05) is 41.9 Å². The molecule has 0 bridgehead atoms. The minimum atomic E-state index is -0.136. The van der Waals surface area contributed by atoms with Crippen LogP contribution >= 0.6 is 23.4 Å². The molecule has 1 aliphatic rings. The van der Waals surface area contributed by atoms with E-state index in [9.17, 15) is 4.79 Å². The number of benzene rings is 2. The maximum atomic E-state index is 13.0. The minimum absolute atomic E-state index is 0.136. The molecule has 2 aromatic carbocycles. The molecule has 6 heteroatoms. The normalized spacial score (nSPS) is 15.7. The Bertz CT molecular complexity index is 690. The Kier molecular flexibility index (Phi) is 7.38. The lowest BCUT2D eigenvalue weighted by Gasteiger charge is -2.31. The molecule has 0 saturated carbocycles. The largest absolute Gasteiger partial charge is 0.339 e. The van der Waals surface area contributed by atoms with Gasteiger partial charge in [0.25, 0.3) is 0 Å². The van der Waals surface area contributed by atoms with Gasteiger partial charge < -0.3 is 15.5 Å². The molecule has 1 atom stereocenters. The number of halogens is 1. The molecule has 3 rings (SSSR count). The summed E-state index contributed by atoms with van der Waals surface area (Å²) in [6.45, 7) is 4.64. The third kappa shape index (κ3) is 5.74. The first-order valence-electron chi connectivity index (χ1n) is 8.89. The molecular weight excluding hydrogens is 366 g/mol. The molecule has 2 aromatic rings. The number of hydrogen-bond acceptors (Lipinski definition) is 4. The second-order valence-corrected chi connectivity index (χ2v) is 7.96. The van der Waals surface area contributed by atoms with Crippen LogP contribution in [0.3, 0.4) is 0 Å². The Balaban J connectivity index is 1.61. The highest BCUT2D eigenvalue weighted by atomic mass is 35.5. The fourth-order valence-electron chi connectivity index (χ4n) is 2.88. The zero-order valence-corrected chi connectivity index (χ0v) is 16.2. The molecule has 0 radical (unpaired) electrons. The van der Waals surface area contributed by atoms with Crippen molar-refractivity contribution in [2.24, 2.45) is 0 Å². The molecule has 2 N–H and O–H groups in total. The smallest absolute Gasteiger partial charge is 0.237 e. The number of piperazine rings is 1. The second kappa shape index (κ2) is 9.97. The highest BCUT2D eigenvalue weighted by Crippen LogP contribution is 2.24. The number of carbonyl (C=O) groups excluding carboxylic acids is 1. The number of carbonyl (C=O) groups is 1. The fraction of sp³-hybridized carbons (Fsp3) is 0.350. The van der Waals surface area contributed by atoms with Crippen molar-refractivity contribution in [3.05, 3.63) is 65.2 Å². The topological polar surface area (TPSA) is 44.4 Å². The van der Waals surface area contributed by atoms with E-state index in [1.54, 1.807) is 11.8 Å². The van der Waals surface area contributed by atoms with Crippen LogP contribution in [0, 0.1) is 0 Å². The van der Waals surface area contributed by atoms with Crippen molar-refractivity contribution in [1.82, 2.24) is 15.5 Å². The molecule has 138 valence electrons. The summed E-state index contributed by atoms with van der Waals surface area (Å²) in [6, 6.07) is 17.9. The van der Waals surface area contributed by atoms with E-state index < -0.39 is 0 Å². The second-order valence-electron chi connectivity index (χ2n) is 6.25. The van der Waals surface area contributed by atoms with Gasteiger partial charge in [0.15, 0.2) is 0 Å². The third-order valence-corrected chi connectivity index (χ3v) is 5.75. The number of hydrogen-bond donors (Lipinski definition) is 2. The van der Waals surface area contributed by atoms with Crippen molar-refractivity contribution in [2.75, 3.05) is 32.7 Å². The van der Waals surface area contributed by atoms with Crippen molar-refractivity contribution in [1.29, 1.82) is 0 Å². The Morgan fingerprint density at radius 2 is 1.81 bits per heavy atom. The van der Waals surface area contributed by atoms with Crippen LogP contribution in [0.2, 0.25) is 5.02 Å². The summed E-state index contributed by atoms with van der Waals surface area (Å²) < 4.78 is 0. The molecular formula is C20H24ClN3OS. The van der Waals surface area contributed by atoms with Crippen LogP contribution in [-0.4, -0.2) is 48.8 Å². The SMILES string of the molecule is O=C(C(CNCc1ccc(Cl)cc1)Sc1ccccc1)N1CCNCC1. The maximum Gasteiger partial charge on any atom is 0.237 e. The molecule has 4 nitrogen and oxygen atoms in total. The summed E-state index contributed by atoms with van der Waals surface area (Å²) in [7, 11) is 0. The van der Waals surface area contributed by atoms with Crippen molar-refractivity contribution < 1.29 is 4.79 Å². The van der Waals surface area contributed by atoms with Crippen LogP contribution in [-0.2, 0) is 11.3 Å². The van der Waals surface area contributed by atoms with Crippen LogP contribution in [0.1, 0.15) is 5.56 Å².